The summed E-state index contributed by atoms with van der Waals surface area (Å²) in [6, 6.07) is 10.7. The van der Waals surface area contributed by atoms with Gasteiger partial charge in [-0.15, -0.1) is 0 Å². The van der Waals surface area contributed by atoms with Crippen molar-refractivity contribution in [2.75, 3.05) is 31.0 Å². The van der Waals surface area contributed by atoms with Crippen LogP contribution < -0.4 is 19.7 Å². The normalized spacial score (nSPS) is 10.3. The van der Waals surface area contributed by atoms with Gasteiger partial charge in [0.05, 0.1) is 24.9 Å². The van der Waals surface area contributed by atoms with Gasteiger partial charge in [-0.3, -0.25) is 9.59 Å². The zero-order chi connectivity index (χ0) is 20.0. The second-order valence-electron chi connectivity index (χ2n) is 5.86. The van der Waals surface area contributed by atoms with E-state index in [0.717, 1.165) is 12.0 Å². The predicted octanol–water partition coefficient (Wildman–Crippen LogP) is 3.91. The number of nitrogens with zero attached hydrogens (tertiary/aromatic N) is 1. The summed E-state index contributed by atoms with van der Waals surface area (Å²) in [5, 5.41) is 3.11. The van der Waals surface area contributed by atoms with Gasteiger partial charge < -0.3 is 19.7 Å². The number of hydrogen-bond acceptors (Lipinski definition) is 4. The number of rotatable bonds is 7. The molecule has 0 unspecified atom stereocenters. The largest absolute Gasteiger partial charge is 0.495 e. The number of carbonyl (C=O) groups excluding carboxylic acids is 2. The van der Waals surface area contributed by atoms with Crippen LogP contribution in [0.3, 0.4) is 0 Å². The minimum atomic E-state index is -0.368. The van der Waals surface area contributed by atoms with Crippen molar-refractivity contribution < 1.29 is 19.1 Å². The first-order valence-electron chi connectivity index (χ1n) is 8.48. The van der Waals surface area contributed by atoms with E-state index in [4.69, 9.17) is 21.1 Å². The van der Waals surface area contributed by atoms with Gasteiger partial charge in [-0.05, 0) is 24.1 Å². The van der Waals surface area contributed by atoms with Crippen molar-refractivity contribution in [3.8, 4) is 11.5 Å². The van der Waals surface area contributed by atoms with E-state index < -0.39 is 0 Å². The molecule has 0 saturated heterocycles. The van der Waals surface area contributed by atoms with Crippen LogP contribution in [0.1, 0.15) is 19.4 Å². The van der Waals surface area contributed by atoms with Crippen molar-refractivity contribution in [3.63, 3.8) is 0 Å². The highest BCUT2D eigenvalue weighted by molar-refractivity contribution is 6.32. The number of halogens is 1. The molecule has 0 spiro atoms. The molecule has 0 heterocycles. The molecule has 144 valence electrons. The third-order valence-corrected chi connectivity index (χ3v) is 4.38. The Kier molecular flexibility index (Phi) is 7.07. The van der Waals surface area contributed by atoms with E-state index in [2.05, 4.69) is 12.2 Å². The minimum Gasteiger partial charge on any atom is -0.495 e. The average molecular weight is 391 g/mol. The molecule has 0 aliphatic heterocycles. The zero-order valence-corrected chi connectivity index (χ0v) is 16.6. The van der Waals surface area contributed by atoms with Gasteiger partial charge in [0.2, 0.25) is 11.8 Å². The number of methoxy groups -OCH3 is 2. The summed E-state index contributed by atoms with van der Waals surface area (Å²) in [5.41, 5.74) is 2.23. The van der Waals surface area contributed by atoms with E-state index in [1.54, 1.807) is 12.1 Å². The maximum Gasteiger partial charge on any atom is 0.244 e. The van der Waals surface area contributed by atoms with Gasteiger partial charge in [-0.25, -0.2) is 0 Å². The van der Waals surface area contributed by atoms with Crippen molar-refractivity contribution >= 4 is 34.8 Å². The van der Waals surface area contributed by atoms with E-state index >= 15 is 0 Å². The highest BCUT2D eigenvalue weighted by Gasteiger charge is 2.18. The van der Waals surface area contributed by atoms with Gasteiger partial charge in [0.1, 0.15) is 18.0 Å². The molecule has 0 fully saturated rings. The summed E-state index contributed by atoms with van der Waals surface area (Å²) in [4.78, 5) is 26.0. The molecule has 0 aromatic heterocycles. The van der Waals surface area contributed by atoms with Gasteiger partial charge in [0, 0.05) is 24.7 Å². The molecule has 2 rings (SSSR count). The molecule has 27 heavy (non-hydrogen) atoms. The number of anilines is 2. The zero-order valence-electron chi connectivity index (χ0n) is 15.8. The lowest BCUT2D eigenvalue weighted by molar-refractivity contribution is -0.120. The number of amides is 2. The Morgan fingerprint density at radius 1 is 1.07 bits per heavy atom. The van der Waals surface area contributed by atoms with Crippen LogP contribution in [0, 0.1) is 0 Å². The summed E-state index contributed by atoms with van der Waals surface area (Å²) in [6.45, 7) is 3.35. The van der Waals surface area contributed by atoms with Gasteiger partial charge >= 0.3 is 0 Å². The van der Waals surface area contributed by atoms with E-state index in [1.165, 1.54) is 26.0 Å². The number of nitrogens with one attached hydrogen (secondary N) is 1. The quantitative estimate of drug-likeness (QED) is 0.778. The first-order valence-corrected chi connectivity index (χ1v) is 8.85. The van der Waals surface area contributed by atoms with Crippen molar-refractivity contribution in [3.05, 3.63) is 47.0 Å². The second kappa shape index (κ2) is 9.28. The topological polar surface area (TPSA) is 67.9 Å². The van der Waals surface area contributed by atoms with Crippen LogP contribution in [0.4, 0.5) is 11.4 Å². The maximum atomic E-state index is 12.5. The molecule has 7 heteroatoms. The van der Waals surface area contributed by atoms with Crippen molar-refractivity contribution in [2.24, 2.45) is 0 Å². The summed E-state index contributed by atoms with van der Waals surface area (Å²) in [6.07, 6.45) is 0.902. The van der Waals surface area contributed by atoms with Gasteiger partial charge in [-0.2, -0.15) is 0 Å². The summed E-state index contributed by atoms with van der Waals surface area (Å²) in [5.74, 6) is 0.213. The van der Waals surface area contributed by atoms with Crippen LogP contribution in [0.2, 0.25) is 5.02 Å². The number of aryl methyl sites for hydroxylation is 1. The van der Waals surface area contributed by atoms with Crippen LogP contribution in [-0.2, 0) is 16.0 Å². The summed E-state index contributed by atoms with van der Waals surface area (Å²) in [7, 11) is 2.96. The predicted molar refractivity (Wildman–Crippen MR) is 107 cm³/mol. The molecule has 0 saturated carbocycles. The summed E-state index contributed by atoms with van der Waals surface area (Å²) < 4.78 is 10.4. The lowest BCUT2D eigenvalue weighted by Crippen LogP contribution is -2.36. The Morgan fingerprint density at radius 2 is 1.70 bits per heavy atom. The molecule has 0 bridgehead atoms. The molecule has 6 nitrogen and oxygen atoms in total. The second-order valence-corrected chi connectivity index (χ2v) is 6.27. The number of ether oxygens (including phenoxy) is 2. The lowest BCUT2D eigenvalue weighted by atomic mass is 10.1. The Bertz CT molecular complexity index is 821. The SMILES string of the molecule is CCc1ccc(N(CC(=O)Nc2cc(OC)c(Cl)cc2OC)C(C)=O)cc1. The Labute approximate surface area is 164 Å². The molecule has 2 amide bonds. The van der Waals surface area contributed by atoms with Crippen LogP contribution in [0.5, 0.6) is 11.5 Å². The van der Waals surface area contributed by atoms with E-state index in [1.807, 2.05) is 24.3 Å². The third kappa shape index (κ3) is 5.14. The Morgan fingerprint density at radius 3 is 2.22 bits per heavy atom. The lowest BCUT2D eigenvalue weighted by Gasteiger charge is -2.21. The van der Waals surface area contributed by atoms with Crippen LogP contribution in [0.15, 0.2) is 36.4 Å². The number of carbonyl (C=O) groups is 2. The highest BCUT2D eigenvalue weighted by atomic mass is 35.5. The third-order valence-electron chi connectivity index (χ3n) is 4.09. The van der Waals surface area contributed by atoms with E-state index in [0.29, 0.717) is 27.9 Å². The van der Waals surface area contributed by atoms with Crippen LogP contribution in [0.25, 0.3) is 0 Å². The number of hydrogen-bond donors (Lipinski definition) is 1. The molecule has 0 atom stereocenters. The smallest absolute Gasteiger partial charge is 0.244 e. The molecular formula is C20H23ClN2O4. The van der Waals surface area contributed by atoms with Gasteiger partial charge in [-0.1, -0.05) is 30.7 Å². The van der Waals surface area contributed by atoms with E-state index in [-0.39, 0.29) is 18.4 Å². The fourth-order valence-corrected chi connectivity index (χ4v) is 2.82. The number of benzene rings is 2. The van der Waals surface area contributed by atoms with Gasteiger partial charge in [0.15, 0.2) is 0 Å². The maximum absolute atomic E-state index is 12.5. The monoisotopic (exact) mass is 390 g/mol. The average Bonchev–Trinajstić information content (AvgIpc) is 2.67. The summed E-state index contributed by atoms with van der Waals surface area (Å²) >= 11 is 6.08. The van der Waals surface area contributed by atoms with Gasteiger partial charge in [0.25, 0.3) is 0 Å². The molecule has 0 aliphatic carbocycles. The van der Waals surface area contributed by atoms with E-state index in [9.17, 15) is 9.59 Å². The fourth-order valence-electron chi connectivity index (χ4n) is 2.59. The van der Waals surface area contributed by atoms with Crippen molar-refractivity contribution in [1.82, 2.24) is 0 Å². The first-order chi connectivity index (χ1) is 12.9. The molecule has 0 radical (unpaired) electrons. The Balaban J connectivity index is 2.20. The van der Waals surface area contributed by atoms with Crippen LogP contribution >= 0.6 is 11.6 Å². The molecule has 0 aliphatic rings. The standard InChI is InChI=1S/C20H23ClN2O4/c1-5-14-6-8-15(9-7-14)23(13(2)24)12-20(25)22-17-11-18(26-3)16(21)10-19(17)27-4/h6-11H,5,12H2,1-4H3,(H,22,25). The molecule has 2 aromatic carbocycles. The molecule has 2 aromatic rings. The minimum absolute atomic E-state index is 0.130. The molecular weight excluding hydrogens is 368 g/mol. The fraction of sp³-hybridized carbons (Fsp3) is 0.300. The highest BCUT2D eigenvalue weighted by Crippen LogP contribution is 2.35. The first kappa shape index (κ1) is 20.6. The van der Waals surface area contributed by atoms with Crippen molar-refractivity contribution in [1.29, 1.82) is 0 Å². The van der Waals surface area contributed by atoms with Crippen molar-refractivity contribution in [2.45, 2.75) is 20.3 Å². The Hall–Kier alpha value is -2.73. The van der Waals surface area contributed by atoms with Crippen LogP contribution in [-0.4, -0.2) is 32.6 Å². The molecule has 1 N–H and O–H groups in total.